The Morgan fingerprint density at radius 2 is 1.83 bits per heavy atom. The molecule has 1 aliphatic heterocycles. The van der Waals surface area contributed by atoms with Crippen LogP contribution >= 0.6 is 0 Å². The molecule has 30 heavy (non-hydrogen) atoms. The van der Waals surface area contributed by atoms with E-state index in [4.69, 9.17) is 9.26 Å². The van der Waals surface area contributed by atoms with Gasteiger partial charge in [0.15, 0.2) is 0 Å². The van der Waals surface area contributed by atoms with E-state index in [0.29, 0.717) is 42.5 Å². The molecule has 0 aliphatic carbocycles. The van der Waals surface area contributed by atoms with Gasteiger partial charge in [0.25, 0.3) is 0 Å². The van der Waals surface area contributed by atoms with Crippen LogP contribution in [0.1, 0.15) is 35.8 Å². The van der Waals surface area contributed by atoms with E-state index in [2.05, 4.69) is 10.1 Å². The molecule has 158 valence electrons. The number of methoxy groups -OCH3 is 1. The molecule has 1 fully saturated rings. The lowest BCUT2D eigenvalue weighted by Gasteiger charge is -2.29. The third kappa shape index (κ3) is 3.97. The highest BCUT2D eigenvalue weighted by atomic mass is 32.2. The van der Waals surface area contributed by atoms with E-state index >= 15 is 0 Å². The van der Waals surface area contributed by atoms with Crippen molar-refractivity contribution in [3.8, 4) is 17.1 Å². The third-order valence-corrected chi connectivity index (χ3v) is 7.58. The Hall–Kier alpha value is -2.71. The van der Waals surface area contributed by atoms with Crippen LogP contribution in [0.5, 0.6) is 5.75 Å². The topological polar surface area (TPSA) is 85.5 Å². The molecule has 0 radical (unpaired) electrons. The molecule has 7 nitrogen and oxygen atoms in total. The van der Waals surface area contributed by atoms with Crippen LogP contribution in [-0.4, -0.2) is 43.1 Å². The van der Waals surface area contributed by atoms with Crippen molar-refractivity contribution in [3.63, 3.8) is 0 Å². The van der Waals surface area contributed by atoms with Crippen LogP contribution in [0.25, 0.3) is 11.4 Å². The summed E-state index contributed by atoms with van der Waals surface area (Å²) in [4.78, 5) is 4.89. The SMILES string of the molecule is COc1cccc(-c2noc(C3CCN(S(=O)(=O)c4ccc(C)c(C)c4)CC3)n2)c1. The normalized spacial score (nSPS) is 16.0. The number of aryl methyl sites for hydroxylation is 2. The molecular formula is C22H25N3O4S. The van der Waals surface area contributed by atoms with E-state index in [0.717, 1.165) is 22.4 Å². The number of aromatic nitrogens is 2. The zero-order valence-electron chi connectivity index (χ0n) is 17.3. The van der Waals surface area contributed by atoms with Crippen molar-refractivity contribution >= 4 is 10.0 Å². The molecule has 0 N–H and O–H groups in total. The van der Waals surface area contributed by atoms with Crippen molar-refractivity contribution in [2.45, 2.75) is 37.5 Å². The number of piperidine rings is 1. The van der Waals surface area contributed by atoms with Crippen LogP contribution in [0, 0.1) is 13.8 Å². The van der Waals surface area contributed by atoms with E-state index in [1.54, 1.807) is 23.5 Å². The molecule has 0 bridgehead atoms. The molecule has 2 aromatic carbocycles. The van der Waals surface area contributed by atoms with Crippen molar-refractivity contribution in [2.75, 3.05) is 20.2 Å². The minimum Gasteiger partial charge on any atom is -0.497 e. The molecule has 0 atom stereocenters. The quantitative estimate of drug-likeness (QED) is 0.613. The highest BCUT2D eigenvalue weighted by Crippen LogP contribution is 2.31. The molecule has 0 saturated carbocycles. The van der Waals surface area contributed by atoms with Gasteiger partial charge in [0.2, 0.25) is 21.7 Å². The van der Waals surface area contributed by atoms with Crippen LogP contribution in [0.3, 0.4) is 0 Å². The van der Waals surface area contributed by atoms with Crippen molar-refractivity contribution in [2.24, 2.45) is 0 Å². The Balaban J connectivity index is 1.46. The van der Waals surface area contributed by atoms with Gasteiger partial charge >= 0.3 is 0 Å². The lowest BCUT2D eigenvalue weighted by atomic mass is 9.98. The summed E-state index contributed by atoms with van der Waals surface area (Å²) in [7, 11) is -1.89. The number of sulfonamides is 1. The second kappa shape index (κ2) is 8.20. The standard InChI is InChI=1S/C22H25N3O4S/c1-15-7-8-20(13-16(15)2)30(26,27)25-11-9-17(10-12-25)22-23-21(24-29-22)18-5-4-6-19(14-18)28-3/h4-8,13-14,17H,9-12H2,1-3H3. The molecule has 1 aliphatic rings. The first-order chi connectivity index (χ1) is 14.4. The summed E-state index contributed by atoms with van der Waals surface area (Å²) in [6.07, 6.45) is 1.29. The molecular weight excluding hydrogens is 402 g/mol. The summed E-state index contributed by atoms with van der Waals surface area (Å²) >= 11 is 0. The van der Waals surface area contributed by atoms with Crippen molar-refractivity contribution in [1.29, 1.82) is 0 Å². The molecule has 3 aromatic rings. The van der Waals surface area contributed by atoms with Gasteiger partial charge in [0.1, 0.15) is 5.75 Å². The summed E-state index contributed by atoms with van der Waals surface area (Å²) in [5.41, 5.74) is 2.87. The molecule has 8 heteroatoms. The summed E-state index contributed by atoms with van der Waals surface area (Å²) in [5.74, 6) is 1.83. The molecule has 1 saturated heterocycles. The maximum absolute atomic E-state index is 13.0. The average Bonchev–Trinajstić information content (AvgIpc) is 3.26. The van der Waals surface area contributed by atoms with Crippen molar-refractivity contribution in [1.82, 2.24) is 14.4 Å². The summed E-state index contributed by atoms with van der Waals surface area (Å²) in [5, 5.41) is 4.10. The lowest BCUT2D eigenvalue weighted by molar-refractivity contribution is 0.271. The molecule has 2 heterocycles. The highest BCUT2D eigenvalue weighted by molar-refractivity contribution is 7.89. The second-order valence-electron chi connectivity index (χ2n) is 7.61. The number of hydrogen-bond acceptors (Lipinski definition) is 6. The van der Waals surface area contributed by atoms with Crippen LogP contribution in [0.15, 0.2) is 51.9 Å². The molecule has 0 unspecified atom stereocenters. The van der Waals surface area contributed by atoms with Gasteiger partial charge in [-0.15, -0.1) is 0 Å². The van der Waals surface area contributed by atoms with E-state index < -0.39 is 10.0 Å². The van der Waals surface area contributed by atoms with Crippen molar-refractivity contribution in [3.05, 3.63) is 59.5 Å². The van der Waals surface area contributed by atoms with Gasteiger partial charge in [-0.05, 0) is 62.1 Å². The van der Waals surface area contributed by atoms with Gasteiger partial charge in [-0.3, -0.25) is 0 Å². The monoisotopic (exact) mass is 427 g/mol. The van der Waals surface area contributed by atoms with Crippen LogP contribution in [-0.2, 0) is 10.0 Å². The van der Waals surface area contributed by atoms with Gasteiger partial charge in [0.05, 0.1) is 12.0 Å². The average molecular weight is 428 g/mol. The van der Waals surface area contributed by atoms with Gasteiger partial charge in [0, 0.05) is 24.6 Å². The lowest BCUT2D eigenvalue weighted by Crippen LogP contribution is -2.38. The minimum atomic E-state index is -3.50. The Bertz CT molecular complexity index is 1150. The maximum Gasteiger partial charge on any atom is 0.243 e. The Kier molecular flexibility index (Phi) is 5.62. The van der Waals surface area contributed by atoms with Crippen LogP contribution in [0.4, 0.5) is 0 Å². The molecule has 0 spiro atoms. The fourth-order valence-corrected chi connectivity index (χ4v) is 5.20. The van der Waals surface area contributed by atoms with Gasteiger partial charge < -0.3 is 9.26 Å². The Morgan fingerprint density at radius 3 is 2.53 bits per heavy atom. The third-order valence-electron chi connectivity index (χ3n) is 5.69. The molecule has 0 amide bonds. The number of ether oxygens (including phenoxy) is 1. The highest BCUT2D eigenvalue weighted by Gasteiger charge is 2.32. The summed E-state index contributed by atoms with van der Waals surface area (Å²) < 4.78 is 38.3. The molecule has 4 rings (SSSR count). The Labute approximate surface area is 176 Å². The Morgan fingerprint density at radius 1 is 1.07 bits per heavy atom. The zero-order chi connectivity index (χ0) is 21.3. The van der Waals surface area contributed by atoms with E-state index in [1.165, 1.54) is 0 Å². The minimum absolute atomic E-state index is 0.0445. The summed E-state index contributed by atoms with van der Waals surface area (Å²) in [6.45, 7) is 4.76. The fraction of sp³-hybridized carbons (Fsp3) is 0.364. The van der Waals surface area contributed by atoms with E-state index in [1.807, 2.05) is 44.2 Å². The zero-order valence-corrected chi connectivity index (χ0v) is 18.1. The summed E-state index contributed by atoms with van der Waals surface area (Å²) in [6, 6.07) is 12.8. The fourth-order valence-electron chi connectivity index (χ4n) is 3.65. The first kappa shape index (κ1) is 20.6. The van der Waals surface area contributed by atoms with Crippen LogP contribution < -0.4 is 4.74 Å². The van der Waals surface area contributed by atoms with Crippen molar-refractivity contribution < 1.29 is 17.7 Å². The van der Waals surface area contributed by atoms with E-state index in [9.17, 15) is 8.42 Å². The maximum atomic E-state index is 13.0. The molecule has 1 aromatic heterocycles. The van der Waals surface area contributed by atoms with Gasteiger partial charge in [-0.1, -0.05) is 23.4 Å². The largest absolute Gasteiger partial charge is 0.497 e. The number of benzene rings is 2. The number of nitrogens with zero attached hydrogens (tertiary/aromatic N) is 3. The van der Waals surface area contributed by atoms with Gasteiger partial charge in [-0.2, -0.15) is 9.29 Å². The first-order valence-electron chi connectivity index (χ1n) is 9.94. The first-order valence-corrected chi connectivity index (χ1v) is 11.4. The number of rotatable bonds is 5. The van der Waals surface area contributed by atoms with Gasteiger partial charge in [-0.25, -0.2) is 8.42 Å². The predicted molar refractivity (Wildman–Crippen MR) is 113 cm³/mol. The smallest absolute Gasteiger partial charge is 0.243 e. The predicted octanol–water partition coefficient (Wildman–Crippen LogP) is 3.93. The van der Waals surface area contributed by atoms with Crippen LogP contribution in [0.2, 0.25) is 0 Å². The van der Waals surface area contributed by atoms with E-state index in [-0.39, 0.29) is 5.92 Å². The number of hydrogen-bond donors (Lipinski definition) is 0. The second-order valence-corrected chi connectivity index (χ2v) is 9.55.